The van der Waals surface area contributed by atoms with Crippen molar-refractivity contribution in [3.63, 3.8) is 0 Å². The van der Waals surface area contributed by atoms with E-state index in [1.807, 2.05) is 60.7 Å². The van der Waals surface area contributed by atoms with E-state index in [0.29, 0.717) is 17.9 Å². The second kappa shape index (κ2) is 6.93. The van der Waals surface area contributed by atoms with E-state index in [2.05, 4.69) is 31.2 Å². The largest absolute Gasteiger partial charge is 0.307 e. The fraction of sp³-hybridized carbons (Fsp3) is 0.238. The SMILES string of the molecule is CC(C)(C)c1ccc(C(=O)Nc2ccnn2Cc2ccccc2)cc1. The van der Waals surface area contributed by atoms with Crippen LogP contribution in [0.25, 0.3) is 0 Å². The van der Waals surface area contributed by atoms with Gasteiger partial charge >= 0.3 is 0 Å². The van der Waals surface area contributed by atoms with Crippen molar-refractivity contribution in [3.05, 3.63) is 83.6 Å². The molecule has 0 aliphatic carbocycles. The van der Waals surface area contributed by atoms with Crippen LogP contribution in [0.5, 0.6) is 0 Å². The maximum Gasteiger partial charge on any atom is 0.256 e. The van der Waals surface area contributed by atoms with E-state index in [9.17, 15) is 4.79 Å². The molecule has 0 spiro atoms. The van der Waals surface area contributed by atoms with Crippen molar-refractivity contribution in [2.75, 3.05) is 5.32 Å². The highest BCUT2D eigenvalue weighted by Gasteiger charge is 2.15. The minimum absolute atomic E-state index is 0.0727. The molecule has 4 heteroatoms. The Balaban J connectivity index is 1.73. The van der Waals surface area contributed by atoms with Gasteiger partial charge in [-0.3, -0.25) is 4.79 Å². The fourth-order valence-corrected chi connectivity index (χ4v) is 2.63. The first-order valence-corrected chi connectivity index (χ1v) is 8.41. The normalized spacial score (nSPS) is 11.3. The van der Waals surface area contributed by atoms with Crippen LogP contribution in [0.1, 0.15) is 42.3 Å². The molecule has 0 radical (unpaired) electrons. The van der Waals surface area contributed by atoms with Crippen LogP contribution in [0.4, 0.5) is 5.82 Å². The highest BCUT2D eigenvalue weighted by atomic mass is 16.1. The molecular weight excluding hydrogens is 310 g/mol. The summed E-state index contributed by atoms with van der Waals surface area (Å²) in [5.74, 6) is 0.559. The summed E-state index contributed by atoms with van der Waals surface area (Å²) in [5, 5.41) is 7.25. The Morgan fingerprint density at radius 1 is 1.00 bits per heavy atom. The van der Waals surface area contributed by atoms with Gasteiger partial charge < -0.3 is 5.32 Å². The number of nitrogens with one attached hydrogen (secondary N) is 1. The molecule has 0 saturated carbocycles. The lowest BCUT2D eigenvalue weighted by molar-refractivity contribution is 0.102. The Labute approximate surface area is 148 Å². The number of rotatable bonds is 4. The van der Waals surface area contributed by atoms with E-state index in [1.54, 1.807) is 10.9 Å². The quantitative estimate of drug-likeness (QED) is 0.765. The monoisotopic (exact) mass is 333 g/mol. The van der Waals surface area contributed by atoms with Gasteiger partial charge in [0.15, 0.2) is 0 Å². The minimum Gasteiger partial charge on any atom is -0.307 e. The molecule has 3 aromatic rings. The molecule has 1 amide bonds. The van der Waals surface area contributed by atoms with Gasteiger partial charge in [0.05, 0.1) is 12.7 Å². The van der Waals surface area contributed by atoms with Gasteiger partial charge in [-0.1, -0.05) is 63.2 Å². The van der Waals surface area contributed by atoms with Gasteiger partial charge in [0.2, 0.25) is 0 Å². The molecule has 0 atom stereocenters. The van der Waals surface area contributed by atoms with E-state index >= 15 is 0 Å². The van der Waals surface area contributed by atoms with Crippen molar-refractivity contribution in [2.45, 2.75) is 32.7 Å². The molecule has 0 saturated heterocycles. The first-order chi connectivity index (χ1) is 11.9. The van der Waals surface area contributed by atoms with E-state index in [1.165, 1.54) is 5.56 Å². The molecule has 0 aliphatic rings. The highest BCUT2D eigenvalue weighted by molar-refractivity contribution is 6.03. The lowest BCUT2D eigenvalue weighted by atomic mass is 9.87. The van der Waals surface area contributed by atoms with Gasteiger partial charge in [-0.2, -0.15) is 5.10 Å². The van der Waals surface area contributed by atoms with Crippen LogP contribution >= 0.6 is 0 Å². The summed E-state index contributed by atoms with van der Waals surface area (Å²) in [7, 11) is 0. The number of carbonyl (C=O) groups excluding carboxylic acids is 1. The first-order valence-electron chi connectivity index (χ1n) is 8.41. The van der Waals surface area contributed by atoms with E-state index < -0.39 is 0 Å². The molecule has 3 rings (SSSR count). The average molecular weight is 333 g/mol. The molecule has 1 heterocycles. The van der Waals surface area contributed by atoms with Gasteiger partial charge in [0.1, 0.15) is 5.82 Å². The highest BCUT2D eigenvalue weighted by Crippen LogP contribution is 2.22. The van der Waals surface area contributed by atoms with Crippen molar-refractivity contribution in [3.8, 4) is 0 Å². The van der Waals surface area contributed by atoms with Crippen molar-refractivity contribution in [1.82, 2.24) is 9.78 Å². The lowest BCUT2D eigenvalue weighted by Crippen LogP contribution is -2.17. The fourth-order valence-electron chi connectivity index (χ4n) is 2.63. The molecule has 2 aromatic carbocycles. The van der Waals surface area contributed by atoms with Crippen LogP contribution in [-0.4, -0.2) is 15.7 Å². The maximum atomic E-state index is 12.5. The number of carbonyl (C=O) groups is 1. The van der Waals surface area contributed by atoms with Crippen LogP contribution in [0.2, 0.25) is 0 Å². The summed E-state index contributed by atoms with van der Waals surface area (Å²) in [6.07, 6.45) is 1.70. The Morgan fingerprint density at radius 2 is 1.68 bits per heavy atom. The second-order valence-electron chi connectivity index (χ2n) is 7.14. The standard InChI is InChI=1S/C21H23N3O/c1-21(2,3)18-11-9-17(10-12-18)20(25)23-19-13-14-22-24(19)15-16-7-5-4-6-8-16/h4-14H,15H2,1-3H3,(H,23,25). The molecular formula is C21H23N3O. The zero-order valence-corrected chi connectivity index (χ0v) is 14.9. The maximum absolute atomic E-state index is 12.5. The first kappa shape index (κ1) is 17.0. The van der Waals surface area contributed by atoms with Crippen molar-refractivity contribution >= 4 is 11.7 Å². The van der Waals surface area contributed by atoms with Gasteiger partial charge in [-0.25, -0.2) is 4.68 Å². The van der Waals surface area contributed by atoms with Gasteiger partial charge in [0, 0.05) is 11.6 Å². The Kier molecular flexibility index (Phi) is 4.70. The van der Waals surface area contributed by atoms with E-state index in [-0.39, 0.29) is 11.3 Å². The third-order valence-electron chi connectivity index (χ3n) is 4.15. The van der Waals surface area contributed by atoms with E-state index in [4.69, 9.17) is 0 Å². The number of nitrogens with zero attached hydrogens (tertiary/aromatic N) is 2. The third kappa shape index (κ3) is 4.15. The van der Waals surface area contributed by atoms with Crippen molar-refractivity contribution in [2.24, 2.45) is 0 Å². The van der Waals surface area contributed by atoms with Crippen LogP contribution in [0.3, 0.4) is 0 Å². The molecule has 0 unspecified atom stereocenters. The third-order valence-corrected chi connectivity index (χ3v) is 4.15. The number of hydrogen-bond acceptors (Lipinski definition) is 2. The van der Waals surface area contributed by atoms with Crippen LogP contribution in [-0.2, 0) is 12.0 Å². The van der Waals surface area contributed by atoms with Gasteiger partial charge in [0.25, 0.3) is 5.91 Å². The number of hydrogen-bond donors (Lipinski definition) is 1. The predicted molar refractivity (Wildman–Crippen MR) is 101 cm³/mol. The average Bonchev–Trinajstić information content (AvgIpc) is 3.02. The summed E-state index contributed by atoms with van der Waals surface area (Å²) in [4.78, 5) is 12.5. The molecule has 0 aliphatic heterocycles. The lowest BCUT2D eigenvalue weighted by Gasteiger charge is -2.19. The second-order valence-corrected chi connectivity index (χ2v) is 7.14. The molecule has 128 valence electrons. The number of anilines is 1. The number of amides is 1. The van der Waals surface area contributed by atoms with Gasteiger partial charge in [-0.15, -0.1) is 0 Å². The molecule has 1 N–H and O–H groups in total. The Bertz CT molecular complexity index is 843. The van der Waals surface area contributed by atoms with Crippen molar-refractivity contribution in [1.29, 1.82) is 0 Å². The predicted octanol–water partition coefficient (Wildman–Crippen LogP) is 4.48. The van der Waals surface area contributed by atoms with Crippen LogP contribution < -0.4 is 5.32 Å². The summed E-state index contributed by atoms with van der Waals surface area (Å²) in [5.41, 5.74) is 3.05. The zero-order valence-electron chi connectivity index (χ0n) is 14.9. The zero-order chi connectivity index (χ0) is 17.9. The molecule has 0 bridgehead atoms. The Hall–Kier alpha value is -2.88. The summed E-state index contributed by atoms with van der Waals surface area (Å²) >= 11 is 0. The van der Waals surface area contributed by atoms with E-state index in [0.717, 1.165) is 5.56 Å². The number of benzene rings is 2. The molecule has 1 aromatic heterocycles. The molecule has 4 nitrogen and oxygen atoms in total. The molecule has 0 fully saturated rings. The van der Waals surface area contributed by atoms with Crippen LogP contribution in [0.15, 0.2) is 66.9 Å². The van der Waals surface area contributed by atoms with Crippen LogP contribution in [0, 0.1) is 0 Å². The Morgan fingerprint density at radius 3 is 2.32 bits per heavy atom. The van der Waals surface area contributed by atoms with Crippen molar-refractivity contribution < 1.29 is 4.79 Å². The smallest absolute Gasteiger partial charge is 0.256 e. The minimum atomic E-state index is -0.129. The number of aromatic nitrogens is 2. The summed E-state index contributed by atoms with van der Waals surface area (Å²) < 4.78 is 1.79. The van der Waals surface area contributed by atoms with Gasteiger partial charge in [-0.05, 0) is 28.7 Å². The summed E-state index contributed by atoms with van der Waals surface area (Å²) in [6, 6.07) is 19.6. The molecule has 25 heavy (non-hydrogen) atoms. The summed E-state index contributed by atoms with van der Waals surface area (Å²) in [6.45, 7) is 7.09. The topological polar surface area (TPSA) is 46.9 Å².